The van der Waals surface area contributed by atoms with Gasteiger partial charge in [-0.1, -0.05) is 6.07 Å². The average Bonchev–Trinajstić information content (AvgIpc) is 2.67. The van der Waals surface area contributed by atoms with Crippen molar-refractivity contribution in [3.8, 4) is 5.75 Å². The van der Waals surface area contributed by atoms with Gasteiger partial charge < -0.3 is 15.4 Å². The van der Waals surface area contributed by atoms with Crippen molar-refractivity contribution in [2.45, 2.75) is 20.8 Å². The van der Waals surface area contributed by atoms with E-state index in [1.165, 1.54) is 18.0 Å². The van der Waals surface area contributed by atoms with Crippen LogP contribution in [0.2, 0.25) is 0 Å². The Balaban J connectivity index is 1.63. The van der Waals surface area contributed by atoms with Gasteiger partial charge in [-0.15, -0.1) is 0 Å². The van der Waals surface area contributed by atoms with Gasteiger partial charge in [0.1, 0.15) is 17.3 Å². The highest BCUT2D eigenvalue weighted by Gasteiger charge is 2.09. The van der Waals surface area contributed by atoms with E-state index in [0.29, 0.717) is 12.4 Å². The molecule has 1 heterocycles. The van der Waals surface area contributed by atoms with Crippen molar-refractivity contribution in [1.82, 2.24) is 9.97 Å². The predicted molar refractivity (Wildman–Crippen MR) is 107 cm³/mol. The van der Waals surface area contributed by atoms with Crippen LogP contribution in [0.25, 0.3) is 0 Å². The molecule has 3 aromatic rings. The fourth-order valence-corrected chi connectivity index (χ4v) is 2.47. The third kappa shape index (κ3) is 4.82. The van der Waals surface area contributed by atoms with Crippen LogP contribution in [0.15, 0.2) is 54.9 Å². The monoisotopic (exact) mass is 362 g/mol. The number of carbonyl (C=O) groups is 1. The zero-order chi connectivity index (χ0) is 19.2. The van der Waals surface area contributed by atoms with Crippen LogP contribution >= 0.6 is 0 Å². The van der Waals surface area contributed by atoms with Gasteiger partial charge in [-0.05, 0) is 68.3 Å². The van der Waals surface area contributed by atoms with Crippen LogP contribution in [0.5, 0.6) is 5.75 Å². The lowest BCUT2D eigenvalue weighted by atomic mass is 10.1. The maximum absolute atomic E-state index is 12.3. The minimum atomic E-state index is -0.293. The Hall–Kier alpha value is -3.41. The Labute approximate surface area is 158 Å². The molecule has 138 valence electrons. The lowest BCUT2D eigenvalue weighted by Gasteiger charge is -2.09. The SMILES string of the molecule is CCOc1ccc(Nc2cnc(C(=O)Nc3ccc(C)c(C)c3)cn2)cc1. The molecule has 2 aromatic carbocycles. The lowest BCUT2D eigenvalue weighted by Crippen LogP contribution is -2.14. The highest BCUT2D eigenvalue weighted by atomic mass is 16.5. The molecule has 6 nitrogen and oxygen atoms in total. The zero-order valence-electron chi connectivity index (χ0n) is 15.6. The molecule has 0 unspecified atom stereocenters. The number of anilines is 3. The van der Waals surface area contributed by atoms with Crippen LogP contribution in [-0.4, -0.2) is 22.5 Å². The number of aromatic nitrogens is 2. The molecule has 1 amide bonds. The first-order valence-electron chi connectivity index (χ1n) is 8.75. The smallest absolute Gasteiger partial charge is 0.275 e. The van der Waals surface area contributed by atoms with E-state index in [9.17, 15) is 4.79 Å². The molecule has 0 saturated carbocycles. The standard InChI is InChI=1S/C21H22N4O2/c1-4-27-18-9-7-16(8-10-18)24-20-13-22-19(12-23-20)21(26)25-17-6-5-14(2)15(3)11-17/h5-13H,4H2,1-3H3,(H,23,24)(H,25,26). The van der Waals surface area contributed by atoms with Gasteiger partial charge in [-0.2, -0.15) is 0 Å². The minimum Gasteiger partial charge on any atom is -0.494 e. The number of ether oxygens (including phenoxy) is 1. The number of hydrogen-bond acceptors (Lipinski definition) is 5. The predicted octanol–water partition coefficient (Wildman–Crippen LogP) is 4.49. The lowest BCUT2D eigenvalue weighted by molar-refractivity contribution is 0.102. The number of nitrogens with zero attached hydrogens (tertiary/aromatic N) is 2. The van der Waals surface area contributed by atoms with E-state index in [4.69, 9.17) is 4.74 Å². The van der Waals surface area contributed by atoms with Crippen molar-refractivity contribution in [2.75, 3.05) is 17.2 Å². The van der Waals surface area contributed by atoms with Crippen LogP contribution in [0, 0.1) is 13.8 Å². The zero-order valence-corrected chi connectivity index (χ0v) is 15.6. The van der Waals surface area contributed by atoms with Crippen molar-refractivity contribution >= 4 is 23.1 Å². The summed E-state index contributed by atoms with van der Waals surface area (Å²) in [6, 6.07) is 13.3. The van der Waals surface area contributed by atoms with E-state index < -0.39 is 0 Å². The number of nitrogens with one attached hydrogen (secondary N) is 2. The summed E-state index contributed by atoms with van der Waals surface area (Å²) in [6.45, 7) is 6.61. The molecule has 0 aliphatic carbocycles. The van der Waals surface area contributed by atoms with Gasteiger partial charge in [0, 0.05) is 11.4 Å². The van der Waals surface area contributed by atoms with E-state index >= 15 is 0 Å². The Morgan fingerprint density at radius 3 is 2.33 bits per heavy atom. The van der Waals surface area contributed by atoms with Crippen molar-refractivity contribution in [2.24, 2.45) is 0 Å². The summed E-state index contributed by atoms with van der Waals surface area (Å²) < 4.78 is 5.42. The summed E-state index contributed by atoms with van der Waals surface area (Å²) in [4.78, 5) is 20.8. The van der Waals surface area contributed by atoms with Gasteiger partial charge in [-0.25, -0.2) is 9.97 Å². The molecular formula is C21H22N4O2. The molecule has 3 rings (SSSR count). The van der Waals surface area contributed by atoms with Gasteiger partial charge in [0.15, 0.2) is 0 Å². The molecule has 0 aliphatic heterocycles. The highest BCUT2D eigenvalue weighted by molar-refractivity contribution is 6.02. The summed E-state index contributed by atoms with van der Waals surface area (Å²) in [5.74, 6) is 1.08. The summed E-state index contributed by atoms with van der Waals surface area (Å²) in [5.41, 5.74) is 4.15. The molecule has 0 aliphatic rings. The second-order valence-electron chi connectivity index (χ2n) is 6.12. The van der Waals surface area contributed by atoms with Crippen molar-refractivity contribution < 1.29 is 9.53 Å². The number of benzene rings is 2. The van der Waals surface area contributed by atoms with Gasteiger partial charge >= 0.3 is 0 Å². The second-order valence-corrected chi connectivity index (χ2v) is 6.12. The third-order valence-corrected chi connectivity index (χ3v) is 4.09. The number of amides is 1. The van der Waals surface area contributed by atoms with E-state index in [0.717, 1.165) is 22.7 Å². The average molecular weight is 362 g/mol. The molecule has 0 atom stereocenters. The molecule has 0 fully saturated rings. The minimum absolute atomic E-state index is 0.255. The Kier molecular flexibility index (Phi) is 5.66. The fraction of sp³-hybridized carbons (Fsp3) is 0.190. The maximum atomic E-state index is 12.3. The fourth-order valence-electron chi connectivity index (χ4n) is 2.47. The number of carbonyl (C=O) groups excluding carboxylic acids is 1. The number of rotatable bonds is 6. The van der Waals surface area contributed by atoms with Gasteiger partial charge in [0.2, 0.25) is 0 Å². The van der Waals surface area contributed by atoms with E-state index in [1.54, 1.807) is 0 Å². The van der Waals surface area contributed by atoms with Crippen LogP contribution in [0.4, 0.5) is 17.2 Å². The first-order chi connectivity index (χ1) is 13.0. The van der Waals surface area contributed by atoms with Crippen LogP contribution in [-0.2, 0) is 0 Å². The first-order valence-corrected chi connectivity index (χ1v) is 8.75. The van der Waals surface area contributed by atoms with E-state index in [1.807, 2.05) is 63.2 Å². The van der Waals surface area contributed by atoms with Crippen LogP contribution in [0.3, 0.4) is 0 Å². The second kappa shape index (κ2) is 8.31. The van der Waals surface area contributed by atoms with E-state index in [2.05, 4.69) is 20.6 Å². The molecule has 0 spiro atoms. The van der Waals surface area contributed by atoms with Crippen LogP contribution < -0.4 is 15.4 Å². The molecule has 2 N–H and O–H groups in total. The molecule has 1 aromatic heterocycles. The maximum Gasteiger partial charge on any atom is 0.275 e. The quantitative estimate of drug-likeness (QED) is 0.676. The Morgan fingerprint density at radius 1 is 0.963 bits per heavy atom. The molecule has 0 saturated heterocycles. The van der Waals surface area contributed by atoms with Crippen LogP contribution in [0.1, 0.15) is 28.5 Å². The molecule has 0 radical (unpaired) electrons. The topological polar surface area (TPSA) is 76.1 Å². The molecule has 27 heavy (non-hydrogen) atoms. The third-order valence-electron chi connectivity index (χ3n) is 4.09. The van der Waals surface area contributed by atoms with Gasteiger partial charge in [0.25, 0.3) is 5.91 Å². The van der Waals surface area contributed by atoms with Gasteiger partial charge in [0.05, 0.1) is 19.0 Å². The first kappa shape index (κ1) is 18.4. The van der Waals surface area contributed by atoms with E-state index in [-0.39, 0.29) is 11.6 Å². The summed E-state index contributed by atoms with van der Waals surface area (Å²) in [7, 11) is 0. The summed E-state index contributed by atoms with van der Waals surface area (Å²) in [6.07, 6.45) is 2.99. The largest absolute Gasteiger partial charge is 0.494 e. The molecule has 6 heteroatoms. The highest BCUT2D eigenvalue weighted by Crippen LogP contribution is 2.19. The molecular weight excluding hydrogens is 340 g/mol. The Bertz CT molecular complexity index is 922. The number of aryl methyl sites for hydroxylation is 2. The normalized spacial score (nSPS) is 10.3. The molecule has 0 bridgehead atoms. The summed E-state index contributed by atoms with van der Waals surface area (Å²) in [5, 5.41) is 5.98. The van der Waals surface area contributed by atoms with Crippen molar-refractivity contribution in [1.29, 1.82) is 0 Å². The van der Waals surface area contributed by atoms with Crippen molar-refractivity contribution in [3.63, 3.8) is 0 Å². The van der Waals surface area contributed by atoms with Crippen molar-refractivity contribution in [3.05, 3.63) is 71.7 Å². The number of hydrogen-bond donors (Lipinski definition) is 2. The Morgan fingerprint density at radius 2 is 1.70 bits per heavy atom. The summed E-state index contributed by atoms with van der Waals surface area (Å²) >= 11 is 0. The van der Waals surface area contributed by atoms with Gasteiger partial charge in [-0.3, -0.25) is 4.79 Å².